The number of benzene rings is 1. The van der Waals surface area contributed by atoms with Crippen LogP contribution in [0.5, 0.6) is 0 Å². The lowest BCUT2D eigenvalue weighted by Gasteiger charge is -2.23. The minimum absolute atomic E-state index is 0.183. The lowest BCUT2D eigenvalue weighted by Crippen LogP contribution is -2.17. The monoisotopic (exact) mass is 251 g/mol. The van der Waals surface area contributed by atoms with Crippen molar-refractivity contribution in [1.29, 1.82) is 5.26 Å². The Hall–Kier alpha value is -2.34. The average molecular weight is 251 g/mol. The maximum absolute atomic E-state index is 8.88. The van der Waals surface area contributed by atoms with Crippen LogP contribution in [0, 0.1) is 17.2 Å². The van der Waals surface area contributed by atoms with E-state index in [2.05, 4.69) is 42.4 Å². The van der Waals surface area contributed by atoms with Gasteiger partial charge in [-0.3, -0.25) is 0 Å². The molecule has 1 aromatic carbocycles. The fraction of sp³-hybridized carbons (Fsp3) is 0.250. The molecule has 0 spiro atoms. The van der Waals surface area contributed by atoms with E-state index in [4.69, 9.17) is 5.26 Å². The number of nitrogens with one attached hydrogen (secondary N) is 1. The van der Waals surface area contributed by atoms with E-state index in [9.17, 15) is 0 Å². The van der Waals surface area contributed by atoms with E-state index in [1.54, 1.807) is 6.07 Å². The summed E-state index contributed by atoms with van der Waals surface area (Å²) in [6.07, 6.45) is 0. The van der Waals surface area contributed by atoms with Crippen LogP contribution < -0.4 is 5.32 Å². The molecular formula is C16H17N3. The minimum atomic E-state index is 0.183. The van der Waals surface area contributed by atoms with Crippen molar-refractivity contribution in [1.82, 2.24) is 4.98 Å². The Labute approximate surface area is 113 Å². The molecule has 0 aliphatic rings. The van der Waals surface area contributed by atoms with Gasteiger partial charge in [0, 0.05) is 0 Å². The first-order chi connectivity index (χ1) is 9.20. The second-order valence-electron chi connectivity index (χ2n) is 4.80. The molecule has 3 heteroatoms. The van der Waals surface area contributed by atoms with E-state index >= 15 is 0 Å². The van der Waals surface area contributed by atoms with Crippen LogP contribution in [0.3, 0.4) is 0 Å². The van der Waals surface area contributed by atoms with E-state index in [0.717, 1.165) is 5.82 Å². The van der Waals surface area contributed by atoms with Crippen LogP contribution in [-0.2, 0) is 0 Å². The highest BCUT2D eigenvalue weighted by molar-refractivity contribution is 5.41. The first kappa shape index (κ1) is 13.1. The summed E-state index contributed by atoms with van der Waals surface area (Å²) in [5.74, 6) is 1.16. The van der Waals surface area contributed by atoms with Gasteiger partial charge in [-0.2, -0.15) is 5.26 Å². The molecule has 0 amide bonds. The van der Waals surface area contributed by atoms with Gasteiger partial charge in [0.15, 0.2) is 0 Å². The molecule has 1 heterocycles. The van der Waals surface area contributed by atoms with Gasteiger partial charge in [0.1, 0.15) is 17.6 Å². The molecule has 0 radical (unpaired) electrons. The number of nitrogens with zero attached hydrogens (tertiary/aromatic N) is 2. The first-order valence-electron chi connectivity index (χ1n) is 6.39. The van der Waals surface area contributed by atoms with Crippen molar-refractivity contribution in [3.8, 4) is 6.07 Å². The van der Waals surface area contributed by atoms with Crippen LogP contribution in [-0.4, -0.2) is 4.98 Å². The lowest BCUT2D eigenvalue weighted by molar-refractivity contribution is 0.545. The topological polar surface area (TPSA) is 48.7 Å². The van der Waals surface area contributed by atoms with Gasteiger partial charge in [0.05, 0.1) is 6.04 Å². The van der Waals surface area contributed by atoms with Crippen LogP contribution in [0.2, 0.25) is 0 Å². The Morgan fingerprint density at radius 1 is 1.05 bits per heavy atom. The van der Waals surface area contributed by atoms with Gasteiger partial charge in [-0.05, 0) is 23.6 Å². The van der Waals surface area contributed by atoms with Crippen LogP contribution in [0.25, 0.3) is 0 Å². The Morgan fingerprint density at radius 2 is 1.79 bits per heavy atom. The number of aromatic nitrogens is 1. The fourth-order valence-electron chi connectivity index (χ4n) is 2.03. The summed E-state index contributed by atoms with van der Waals surface area (Å²) in [5, 5.41) is 12.3. The molecule has 1 unspecified atom stereocenters. The van der Waals surface area contributed by atoms with Gasteiger partial charge < -0.3 is 5.32 Å². The minimum Gasteiger partial charge on any atom is -0.363 e. The molecule has 0 bridgehead atoms. The third-order valence-electron chi connectivity index (χ3n) is 2.99. The number of rotatable bonds is 4. The predicted octanol–water partition coefficient (Wildman–Crippen LogP) is 3.76. The Bertz CT molecular complexity index is 570. The molecule has 0 saturated carbocycles. The molecular weight excluding hydrogens is 234 g/mol. The van der Waals surface area contributed by atoms with Crippen LogP contribution >= 0.6 is 0 Å². The molecule has 2 rings (SSSR count). The zero-order valence-corrected chi connectivity index (χ0v) is 11.2. The SMILES string of the molecule is CC(C)C(Nc1cccc(C#N)n1)c1ccccc1. The Morgan fingerprint density at radius 3 is 2.42 bits per heavy atom. The zero-order chi connectivity index (χ0) is 13.7. The van der Waals surface area contributed by atoms with E-state index < -0.39 is 0 Å². The normalized spacial score (nSPS) is 11.9. The van der Waals surface area contributed by atoms with Gasteiger partial charge in [-0.1, -0.05) is 50.2 Å². The fourth-order valence-corrected chi connectivity index (χ4v) is 2.03. The van der Waals surface area contributed by atoms with Gasteiger partial charge in [0.2, 0.25) is 0 Å². The molecule has 19 heavy (non-hydrogen) atoms. The molecule has 2 aromatic rings. The summed E-state index contributed by atoms with van der Waals surface area (Å²) in [5.41, 5.74) is 1.65. The molecule has 3 nitrogen and oxygen atoms in total. The van der Waals surface area contributed by atoms with E-state index in [1.807, 2.05) is 30.3 Å². The van der Waals surface area contributed by atoms with Crippen molar-refractivity contribution in [2.75, 3.05) is 5.32 Å². The molecule has 96 valence electrons. The third-order valence-corrected chi connectivity index (χ3v) is 2.99. The molecule has 0 aliphatic heterocycles. The van der Waals surface area contributed by atoms with Crippen molar-refractivity contribution < 1.29 is 0 Å². The van der Waals surface area contributed by atoms with Crippen molar-refractivity contribution in [2.45, 2.75) is 19.9 Å². The summed E-state index contributed by atoms with van der Waals surface area (Å²) >= 11 is 0. The lowest BCUT2D eigenvalue weighted by atomic mass is 9.96. The van der Waals surface area contributed by atoms with Gasteiger partial charge in [-0.15, -0.1) is 0 Å². The van der Waals surface area contributed by atoms with Gasteiger partial charge in [0.25, 0.3) is 0 Å². The smallest absolute Gasteiger partial charge is 0.142 e. The standard InChI is InChI=1S/C16H17N3/c1-12(2)16(13-7-4-3-5-8-13)19-15-10-6-9-14(11-17)18-15/h3-10,12,16H,1-2H3,(H,18,19). The number of hydrogen-bond donors (Lipinski definition) is 1. The summed E-state index contributed by atoms with van der Waals surface area (Å²) in [7, 11) is 0. The highest BCUT2D eigenvalue weighted by Gasteiger charge is 2.15. The second kappa shape index (κ2) is 6.01. The maximum Gasteiger partial charge on any atom is 0.142 e. The molecule has 1 aromatic heterocycles. The van der Waals surface area contributed by atoms with Crippen molar-refractivity contribution in [2.24, 2.45) is 5.92 Å². The number of anilines is 1. The van der Waals surface area contributed by atoms with Gasteiger partial charge >= 0.3 is 0 Å². The highest BCUT2D eigenvalue weighted by Crippen LogP contribution is 2.25. The van der Waals surface area contributed by atoms with Crippen molar-refractivity contribution in [3.05, 3.63) is 59.8 Å². The summed E-state index contributed by atoms with van der Waals surface area (Å²) in [6, 6.07) is 18.0. The van der Waals surface area contributed by atoms with Crippen LogP contribution in [0.1, 0.15) is 31.1 Å². The molecule has 1 N–H and O–H groups in total. The number of nitriles is 1. The van der Waals surface area contributed by atoms with E-state index in [-0.39, 0.29) is 6.04 Å². The largest absolute Gasteiger partial charge is 0.363 e. The number of pyridine rings is 1. The van der Waals surface area contributed by atoms with Gasteiger partial charge in [-0.25, -0.2) is 4.98 Å². The van der Waals surface area contributed by atoms with Crippen molar-refractivity contribution in [3.63, 3.8) is 0 Å². The highest BCUT2D eigenvalue weighted by atomic mass is 15.0. The predicted molar refractivity (Wildman–Crippen MR) is 76.6 cm³/mol. The van der Waals surface area contributed by atoms with E-state index in [0.29, 0.717) is 11.6 Å². The van der Waals surface area contributed by atoms with Crippen LogP contribution in [0.15, 0.2) is 48.5 Å². The zero-order valence-electron chi connectivity index (χ0n) is 11.2. The molecule has 0 fully saturated rings. The molecule has 0 saturated heterocycles. The Balaban J connectivity index is 2.25. The second-order valence-corrected chi connectivity index (χ2v) is 4.80. The quantitative estimate of drug-likeness (QED) is 0.900. The third kappa shape index (κ3) is 3.32. The summed E-state index contributed by atoms with van der Waals surface area (Å²) in [4.78, 5) is 4.27. The number of hydrogen-bond acceptors (Lipinski definition) is 3. The summed E-state index contributed by atoms with van der Waals surface area (Å²) < 4.78 is 0. The van der Waals surface area contributed by atoms with E-state index in [1.165, 1.54) is 5.56 Å². The van der Waals surface area contributed by atoms with Crippen molar-refractivity contribution >= 4 is 5.82 Å². The summed E-state index contributed by atoms with van der Waals surface area (Å²) in [6.45, 7) is 4.33. The average Bonchev–Trinajstić information content (AvgIpc) is 2.45. The maximum atomic E-state index is 8.88. The molecule has 1 atom stereocenters. The molecule has 0 aliphatic carbocycles. The van der Waals surface area contributed by atoms with Crippen LogP contribution in [0.4, 0.5) is 5.82 Å². The first-order valence-corrected chi connectivity index (χ1v) is 6.39. The Kier molecular flexibility index (Phi) is 4.15.